The summed E-state index contributed by atoms with van der Waals surface area (Å²) < 4.78 is 5.62. The Morgan fingerprint density at radius 1 is 1.00 bits per heavy atom. The number of carboxylic acids is 1. The minimum atomic E-state index is -1.05. The Labute approximate surface area is 200 Å². The van der Waals surface area contributed by atoms with Crippen molar-refractivity contribution >= 4 is 18.0 Å². The van der Waals surface area contributed by atoms with Crippen LogP contribution in [0.15, 0.2) is 48.5 Å². The van der Waals surface area contributed by atoms with Crippen molar-refractivity contribution in [1.82, 2.24) is 10.2 Å². The fraction of sp³-hybridized carbons (Fsp3) is 0.444. The van der Waals surface area contributed by atoms with E-state index < -0.39 is 18.1 Å². The number of nitrogens with zero attached hydrogens (tertiary/aromatic N) is 1. The number of hydrogen-bond acceptors (Lipinski definition) is 4. The zero-order valence-electron chi connectivity index (χ0n) is 19.7. The van der Waals surface area contributed by atoms with Crippen molar-refractivity contribution in [2.24, 2.45) is 5.92 Å². The van der Waals surface area contributed by atoms with Crippen molar-refractivity contribution in [2.75, 3.05) is 13.2 Å². The van der Waals surface area contributed by atoms with Crippen LogP contribution in [0, 0.1) is 5.92 Å². The molecule has 0 aliphatic heterocycles. The molecule has 2 aliphatic rings. The maximum atomic E-state index is 13.3. The molecule has 2 aromatic carbocycles. The first-order valence-electron chi connectivity index (χ1n) is 12.0. The molecule has 34 heavy (non-hydrogen) atoms. The van der Waals surface area contributed by atoms with Gasteiger partial charge < -0.3 is 20.1 Å². The molecule has 1 unspecified atom stereocenters. The molecule has 0 aromatic heterocycles. The summed E-state index contributed by atoms with van der Waals surface area (Å²) in [5, 5.41) is 12.1. The number of carboxylic acid groups (broad SMARTS) is 1. The minimum Gasteiger partial charge on any atom is -0.480 e. The molecule has 4 rings (SSSR count). The highest BCUT2D eigenvalue weighted by Gasteiger charge is 2.36. The fourth-order valence-electron chi connectivity index (χ4n) is 5.21. The quantitative estimate of drug-likeness (QED) is 0.604. The van der Waals surface area contributed by atoms with Crippen molar-refractivity contribution < 1.29 is 24.2 Å². The van der Waals surface area contributed by atoms with E-state index in [2.05, 4.69) is 17.4 Å². The van der Waals surface area contributed by atoms with Gasteiger partial charge in [-0.05, 0) is 41.0 Å². The molecular formula is C27H32N2O5. The number of carbonyl (C=O) groups is 3. The average Bonchev–Trinajstić information content (AvgIpc) is 3.46. The van der Waals surface area contributed by atoms with Crippen molar-refractivity contribution in [1.29, 1.82) is 0 Å². The molecule has 0 heterocycles. The highest BCUT2D eigenvalue weighted by molar-refractivity contribution is 5.88. The first kappa shape index (κ1) is 23.8. The lowest BCUT2D eigenvalue weighted by Crippen LogP contribution is -2.54. The molecule has 0 saturated heterocycles. The van der Waals surface area contributed by atoms with Gasteiger partial charge in [0.2, 0.25) is 5.91 Å². The van der Waals surface area contributed by atoms with Gasteiger partial charge in [0.15, 0.2) is 0 Å². The number of ether oxygens (including phenoxy) is 1. The van der Waals surface area contributed by atoms with Crippen LogP contribution in [0.2, 0.25) is 0 Å². The smallest absolute Gasteiger partial charge is 0.407 e. The van der Waals surface area contributed by atoms with E-state index in [9.17, 15) is 19.5 Å². The SMILES string of the molecule is CC(C)C(NC(=O)OCC1c2ccccc2-c2ccccc21)C(=O)N(CC(=O)O)C1CCCC1. The molecule has 7 nitrogen and oxygen atoms in total. The van der Waals surface area contributed by atoms with Crippen molar-refractivity contribution in [3.63, 3.8) is 0 Å². The third-order valence-corrected chi connectivity index (χ3v) is 6.90. The maximum absolute atomic E-state index is 13.3. The van der Waals surface area contributed by atoms with Gasteiger partial charge in [-0.3, -0.25) is 9.59 Å². The van der Waals surface area contributed by atoms with E-state index in [1.165, 1.54) is 4.90 Å². The van der Waals surface area contributed by atoms with Crippen LogP contribution < -0.4 is 5.32 Å². The van der Waals surface area contributed by atoms with Gasteiger partial charge in [0, 0.05) is 12.0 Å². The molecule has 2 amide bonds. The average molecular weight is 465 g/mol. The largest absolute Gasteiger partial charge is 0.480 e. The molecule has 1 saturated carbocycles. The molecule has 0 radical (unpaired) electrons. The molecule has 0 spiro atoms. The van der Waals surface area contributed by atoms with E-state index in [1.807, 2.05) is 50.2 Å². The van der Waals surface area contributed by atoms with Crippen LogP contribution in [0.5, 0.6) is 0 Å². The summed E-state index contributed by atoms with van der Waals surface area (Å²) in [6.45, 7) is 3.46. The van der Waals surface area contributed by atoms with E-state index in [0.717, 1.165) is 47.9 Å². The summed E-state index contributed by atoms with van der Waals surface area (Å²) in [5.41, 5.74) is 4.51. The number of benzene rings is 2. The number of rotatable bonds is 8. The zero-order chi connectivity index (χ0) is 24.2. The van der Waals surface area contributed by atoms with Gasteiger partial charge in [0.1, 0.15) is 19.2 Å². The lowest BCUT2D eigenvalue weighted by Gasteiger charge is -2.32. The Kier molecular flexibility index (Phi) is 7.20. The van der Waals surface area contributed by atoms with E-state index in [-0.39, 0.29) is 36.9 Å². The second kappa shape index (κ2) is 10.3. The molecule has 1 atom stereocenters. The van der Waals surface area contributed by atoms with Crippen LogP contribution in [0.1, 0.15) is 56.6 Å². The summed E-state index contributed by atoms with van der Waals surface area (Å²) in [6.07, 6.45) is 2.85. The molecule has 180 valence electrons. The Balaban J connectivity index is 1.44. The third kappa shape index (κ3) is 4.93. The highest BCUT2D eigenvalue weighted by atomic mass is 16.5. The molecule has 2 aromatic rings. The van der Waals surface area contributed by atoms with Crippen LogP contribution in [0.3, 0.4) is 0 Å². The summed E-state index contributed by atoms with van der Waals surface area (Å²) in [7, 11) is 0. The zero-order valence-corrected chi connectivity index (χ0v) is 19.7. The first-order valence-corrected chi connectivity index (χ1v) is 12.0. The van der Waals surface area contributed by atoms with Gasteiger partial charge in [-0.1, -0.05) is 75.2 Å². The summed E-state index contributed by atoms with van der Waals surface area (Å²) in [5.74, 6) is -1.71. The fourth-order valence-corrected chi connectivity index (χ4v) is 5.21. The van der Waals surface area contributed by atoms with Gasteiger partial charge in [-0.15, -0.1) is 0 Å². The highest BCUT2D eigenvalue weighted by Crippen LogP contribution is 2.44. The Morgan fingerprint density at radius 2 is 1.56 bits per heavy atom. The number of fused-ring (bicyclic) bond motifs is 3. The second-order valence-corrected chi connectivity index (χ2v) is 9.49. The molecule has 7 heteroatoms. The first-order chi connectivity index (χ1) is 16.4. The van der Waals surface area contributed by atoms with Crippen LogP contribution in [0.25, 0.3) is 11.1 Å². The number of carbonyl (C=O) groups excluding carboxylic acids is 2. The number of nitrogens with one attached hydrogen (secondary N) is 1. The Bertz CT molecular complexity index is 1010. The summed E-state index contributed by atoms with van der Waals surface area (Å²) >= 11 is 0. The standard InChI is InChI=1S/C27H32N2O5/c1-17(2)25(26(32)29(15-24(30)31)18-9-3-4-10-18)28-27(33)34-16-23-21-13-7-5-11-19(21)20-12-6-8-14-22(20)23/h5-8,11-14,17-18,23,25H,3-4,9-10,15-16H2,1-2H3,(H,28,33)(H,30,31). The molecule has 2 N–H and O–H groups in total. The lowest BCUT2D eigenvalue weighted by molar-refractivity contribution is -0.147. The van der Waals surface area contributed by atoms with Gasteiger partial charge in [0.25, 0.3) is 0 Å². The monoisotopic (exact) mass is 464 g/mol. The van der Waals surface area contributed by atoms with Crippen LogP contribution >= 0.6 is 0 Å². The molecule has 2 aliphatic carbocycles. The van der Waals surface area contributed by atoms with Gasteiger partial charge in [-0.2, -0.15) is 0 Å². The number of alkyl carbamates (subject to hydrolysis) is 1. The molecular weight excluding hydrogens is 432 g/mol. The van der Waals surface area contributed by atoms with E-state index in [0.29, 0.717) is 0 Å². The topological polar surface area (TPSA) is 95.9 Å². The second-order valence-electron chi connectivity index (χ2n) is 9.49. The van der Waals surface area contributed by atoms with Crippen molar-refractivity contribution in [3.05, 3.63) is 59.7 Å². The normalized spacial score (nSPS) is 16.1. The van der Waals surface area contributed by atoms with E-state index in [1.54, 1.807) is 0 Å². The van der Waals surface area contributed by atoms with E-state index >= 15 is 0 Å². The Morgan fingerprint density at radius 3 is 2.09 bits per heavy atom. The molecule has 1 fully saturated rings. The Hall–Kier alpha value is -3.35. The van der Waals surface area contributed by atoms with Crippen LogP contribution in [-0.4, -0.2) is 53.2 Å². The predicted octanol–water partition coefficient (Wildman–Crippen LogP) is 4.41. The van der Waals surface area contributed by atoms with Gasteiger partial charge in [-0.25, -0.2) is 4.79 Å². The predicted molar refractivity (Wildman–Crippen MR) is 128 cm³/mol. The molecule has 0 bridgehead atoms. The number of aliphatic carboxylic acids is 1. The summed E-state index contributed by atoms with van der Waals surface area (Å²) in [4.78, 5) is 39.0. The van der Waals surface area contributed by atoms with Gasteiger partial charge >= 0.3 is 12.1 Å². The van der Waals surface area contributed by atoms with Crippen molar-refractivity contribution in [3.8, 4) is 11.1 Å². The van der Waals surface area contributed by atoms with Crippen LogP contribution in [0.4, 0.5) is 4.79 Å². The van der Waals surface area contributed by atoms with Crippen LogP contribution in [-0.2, 0) is 14.3 Å². The summed E-state index contributed by atoms with van der Waals surface area (Å²) in [6, 6.07) is 15.2. The minimum absolute atomic E-state index is 0.0756. The number of amides is 2. The maximum Gasteiger partial charge on any atom is 0.407 e. The lowest BCUT2D eigenvalue weighted by atomic mass is 9.98. The number of hydrogen-bond donors (Lipinski definition) is 2. The van der Waals surface area contributed by atoms with Gasteiger partial charge in [0.05, 0.1) is 0 Å². The van der Waals surface area contributed by atoms with E-state index in [4.69, 9.17) is 4.74 Å². The van der Waals surface area contributed by atoms with Crippen molar-refractivity contribution in [2.45, 2.75) is 57.5 Å². The third-order valence-electron chi connectivity index (χ3n) is 6.90.